The number of aryl methyl sites for hydroxylation is 1. The molecule has 120 valence electrons. The minimum Gasteiger partial charge on any atom is -0.361 e. The summed E-state index contributed by atoms with van der Waals surface area (Å²) in [4.78, 5) is 14.9. The van der Waals surface area contributed by atoms with Gasteiger partial charge >= 0.3 is 0 Å². The molecule has 0 aliphatic heterocycles. The number of benzene rings is 1. The van der Waals surface area contributed by atoms with Crippen LogP contribution in [-0.4, -0.2) is 35.3 Å². The van der Waals surface area contributed by atoms with Gasteiger partial charge in [0.15, 0.2) is 0 Å². The summed E-state index contributed by atoms with van der Waals surface area (Å²) in [5, 5.41) is 15.5. The molecule has 0 aliphatic carbocycles. The Morgan fingerprint density at radius 1 is 1.48 bits per heavy atom. The van der Waals surface area contributed by atoms with E-state index in [1.165, 1.54) is 11.8 Å². The van der Waals surface area contributed by atoms with Gasteiger partial charge in [0.2, 0.25) is 5.91 Å². The first-order chi connectivity index (χ1) is 11.1. The van der Waals surface area contributed by atoms with Crippen LogP contribution in [0.2, 0.25) is 0 Å². The van der Waals surface area contributed by atoms with Gasteiger partial charge in [-0.25, -0.2) is 0 Å². The molecule has 0 atom stereocenters. The first-order valence-corrected chi connectivity index (χ1v) is 8.06. The van der Waals surface area contributed by atoms with Crippen molar-refractivity contribution in [1.29, 1.82) is 5.26 Å². The summed E-state index contributed by atoms with van der Waals surface area (Å²) in [6.07, 6.45) is 0. The lowest BCUT2D eigenvalue weighted by Crippen LogP contribution is -2.30. The number of para-hydroxylation sites is 1. The van der Waals surface area contributed by atoms with Crippen molar-refractivity contribution >= 4 is 23.4 Å². The van der Waals surface area contributed by atoms with Crippen molar-refractivity contribution in [3.8, 4) is 6.07 Å². The number of hydrogen-bond donors (Lipinski definition) is 1. The van der Waals surface area contributed by atoms with Gasteiger partial charge in [0.1, 0.15) is 5.76 Å². The van der Waals surface area contributed by atoms with E-state index in [0.29, 0.717) is 12.3 Å². The molecule has 2 aromatic rings. The van der Waals surface area contributed by atoms with Crippen LogP contribution in [0.4, 0.5) is 5.69 Å². The highest BCUT2D eigenvalue weighted by atomic mass is 32.2. The number of amides is 1. The molecule has 1 amide bonds. The normalized spacial score (nSPS) is 10.5. The van der Waals surface area contributed by atoms with Crippen molar-refractivity contribution in [3.05, 3.63) is 41.8 Å². The maximum absolute atomic E-state index is 12.2. The Balaban J connectivity index is 1.90. The molecular weight excluding hydrogens is 312 g/mol. The van der Waals surface area contributed by atoms with Crippen molar-refractivity contribution in [3.63, 3.8) is 0 Å². The summed E-state index contributed by atoms with van der Waals surface area (Å²) in [5.41, 5.74) is 1.52. The summed E-state index contributed by atoms with van der Waals surface area (Å²) < 4.78 is 5.01. The molecule has 0 radical (unpaired) electrons. The predicted molar refractivity (Wildman–Crippen MR) is 89.0 cm³/mol. The molecule has 0 saturated heterocycles. The number of likely N-dealkylation sites (N-methyl/N-ethyl adjacent to an activating group) is 1. The number of nitrogens with one attached hydrogen (secondary N) is 1. The molecule has 7 heteroatoms. The van der Waals surface area contributed by atoms with Gasteiger partial charge in [-0.2, -0.15) is 5.26 Å². The highest BCUT2D eigenvalue weighted by Crippen LogP contribution is 2.26. The molecule has 0 fully saturated rings. The highest BCUT2D eigenvalue weighted by Gasteiger charge is 2.11. The van der Waals surface area contributed by atoms with E-state index in [9.17, 15) is 4.79 Å². The van der Waals surface area contributed by atoms with E-state index < -0.39 is 0 Å². The lowest BCUT2D eigenvalue weighted by atomic mass is 10.3. The molecule has 0 aliphatic rings. The Morgan fingerprint density at radius 3 is 2.96 bits per heavy atom. The molecular formula is C16H18N4O2S. The number of anilines is 1. The molecule has 23 heavy (non-hydrogen) atoms. The predicted octanol–water partition coefficient (Wildman–Crippen LogP) is 2.67. The molecule has 1 N–H and O–H groups in total. The summed E-state index contributed by atoms with van der Waals surface area (Å²) in [7, 11) is 1.85. The smallest absolute Gasteiger partial charge is 0.238 e. The highest BCUT2D eigenvalue weighted by molar-refractivity contribution is 7.99. The van der Waals surface area contributed by atoms with Gasteiger partial charge in [-0.05, 0) is 26.1 Å². The number of nitrogens with zero attached hydrogens (tertiary/aromatic N) is 3. The fraction of sp³-hybridized carbons (Fsp3) is 0.312. The fourth-order valence-electron chi connectivity index (χ4n) is 2.07. The third-order valence-electron chi connectivity index (χ3n) is 2.98. The number of carbonyl (C=O) groups is 1. The van der Waals surface area contributed by atoms with Crippen LogP contribution in [0.25, 0.3) is 0 Å². The van der Waals surface area contributed by atoms with Crippen LogP contribution in [0.5, 0.6) is 0 Å². The molecule has 2 rings (SSSR count). The minimum atomic E-state index is -0.113. The Labute approximate surface area is 139 Å². The number of aromatic nitrogens is 1. The zero-order valence-electron chi connectivity index (χ0n) is 13.1. The van der Waals surface area contributed by atoms with E-state index in [2.05, 4.69) is 16.5 Å². The number of carbonyl (C=O) groups excluding carboxylic acids is 1. The van der Waals surface area contributed by atoms with E-state index >= 15 is 0 Å². The number of nitriles is 1. The standard InChI is InChI=1S/C16H18N4O2S/c1-12-9-13(19-22-12)10-20(2)11-16(21)18-14-5-3-4-6-15(14)23-8-7-17/h3-6,9H,8,10-11H2,1-2H3,(H,18,21). The van der Waals surface area contributed by atoms with Gasteiger partial charge < -0.3 is 9.84 Å². The monoisotopic (exact) mass is 330 g/mol. The first-order valence-electron chi connectivity index (χ1n) is 7.08. The summed E-state index contributed by atoms with van der Waals surface area (Å²) >= 11 is 1.40. The average molecular weight is 330 g/mol. The lowest BCUT2D eigenvalue weighted by Gasteiger charge is -2.15. The Bertz CT molecular complexity index is 708. The summed E-state index contributed by atoms with van der Waals surface area (Å²) in [5.74, 6) is 0.984. The zero-order valence-corrected chi connectivity index (χ0v) is 13.9. The van der Waals surface area contributed by atoms with Gasteiger partial charge in [0.25, 0.3) is 0 Å². The molecule has 0 spiro atoms. The molecule has 1 aromatic carbocycles. The van der Waals surface area contributed by atoms with Crippen LogP contribution in [0.15, 0.2) is 39.8 Å². The molecule has 6 nitrogen and oxygen atoms in total. The number of rotatable bonds is 7. The summed E-state index contributed by atoms with van der Waals surface area (Å²) in [6.45, 7) is 2.61. The van der Waals surface area contributed by atoms with Crippen molar-refractivity contribution in [2.75, 3.05) is 24.7 Å². The molecule has 1 aromatic heterocycles. The third kappa shape index (κ3) is 5.43. The maximum atomic E-state index is 12.2. The van der Waals surface area contributed by atoms with Gasteiger partial charge in [0.05, 0.1) is 29.7 Å². The van der Waals surface area contributed by atoms with Crippen LogP contribution in [0.1, 0.15) is 11.5 Å². The number of thioether (sulfide) groups is 1. The van der Waals surface area contributed by atoms with Crippen molar-refractivity contribution < 1.29 is 9.32 Å². The topological polar surface area (TPSA) is 82.2 Å². The fourth-order valence-corrected chi connectivity index (χ4v) is 2.74. The Morgan fingerprint density at radius 2 is 2.26 bits per heavy atom. The van der Waals surface area contributed by atoms with E-state index in [4.69, 9.17) is 9.78 Å². The third-order valence-corrected chi connectivity index (χ3v) is 3.92. The maximum Gasteiger partial charge on any atom is 0.238 e. The molecule has 0 unspecified atom stereocenters. The Hall–Kier alpha value is -2.30. The van der Waals surface area contributed by atoms with E-state index in [1.807, 2.05) is 49.2 Å². The second kappa shape index (κ2) is 8.36. The average Bonchev–Trinajstić information content (AvgIpc) is 2.91. The second-order valence-corrected chi connectivity index (χ2v) is 6.11. The van der Waals surface area contributed by atoms with Gasteiger partial charge in [-0.3, -0.25) is 9.69 Å². The van der Waals surface area contributed by atoms with Crippen molar-refractivity contribution in [2.24, 2.45) is 0 Å². The van der Waals surface area contributed by atoms with Crippen molar-refractivity contribution in [1.82, 2.24) is 10.1 Å². The Kier molecular flexibility index (Phi) is 6.20. The van der Waals surface area contributed by atoms with E-state index in [1.54, 1.807) is 0 Å². The van der Waals surface area contributed by atoms with Gasteiger partial charge in [0, 0.05) is 17.5 Å². The summed E-state index contributed by atoms with van der Waals surface area (Å²) in [6, 6.07) is 11.4. The molecule has 1 heterocycles. The van der Waals surface area contributed by atoms with Gasteiger partial charge in [-0.1, -0.05) is 17.3 Å². The number of hydrogen-bond acceptors (Lipinski definition) is 6. The van der Waals surface area contributed by atoms with Crippen LogP contribution >= 0.6 is 11.8 Å². The van der Waals surface area contributed by atoms with Crippen LogP contribution in [0, 0.1) is 18.3 Å². The van der Waals surface area contributed by atoms with E-state index in [-0.39, 0.29) is 12.5 Å². The largest absolute Gasteiger partial charge is 0.361 e. The van der Waals surface area contributed by atoms with Gasteiger partial charge in [-0.15, -0.1) is 11.8 Å². The lowest BCUT2D eigenvalue weighted by molar-refractivity contribution is -0.117. The van der Waals surface area contributed by atoms with Crippen LogP contribution in [0.3, 0.4) is 0 Å². The molecule has 0 saturated carbocycles. The first kappa shape index (κ1) is 17.1. The minimum absolute atomic E-state index is 0.113. The van der Waals surface area contributed by atoms with Crippen LogP contribution < -0.4 is 5.32 Å². The van der Waals surface area contributed by atoms with Crippen molar-refractivity contribution in [2.45, 2.75) is 18.4 Å². The molecule has 0 bridgehead atoms. The zero-order chi connectivity index (χ0) is 16.7. The van der Waals surface area contributed by atoms with Crippen LogP contribution in [-0.2, 0) is 11.3 Å². The second-order valence-electron chi connectivity index (χ2n) is 5.09. The quantitative estimate of drug-likeness (QED) is 0.786. The van der Waals surface area contributed by atoms with E-state index in [0.717, 1.165) is 22.0 Å². The SMILES string of the molecule is Cc1cc(CN(C)CC(=O)Nc2ccccc2SCC#N)no1.